The van der Waals surface area contributed by atoms with E-state index in [9.17, 15) is 19.7 Å². The van der Waals surface area contributed by atoms with Crippen molar-refractivity contribution in [2.75, 3.05) is 0 Å². The van der Waals surface area contributed by atoms with E-state index in [0.29, 0.717) is 4.47 Å². The van der Waals surface area contributed by atoms with Crippen LogP contribution in [0.3, 0.4) is 0 Å². The minimum Gasteiger partial charge on any atom is -0.481 e. The Labute approximate surface area is 111 Å². The normalized spacial score (nSPS) is 11.9. The summed E-state index contributed by atoms with van der Waals surface area (Å²) in [7, 11) is 0. The molecular weight excluding hydrogens is 306 g/mol. The van der Waals surface area contributed by atoms with Gasteiger partial charge in [-0.05, 0) is 12.1 Å². The number of Topliss-reactive ketones (excluding diaryl/α,β-unsaturated/α-hetero) is 1. The van der Waals surface area contributed by atoms with Crippen molar-refractivity contribution in [3.05, 3.63) is 38.3 Å². The fourth-order valence-electron chi connectivity index (χ4n) is 1.48. The number of carboxylic acid groups (broad SMARTS) is 1. The third-order valence-corrected chi connectivity index (χ3v) is 2.84. The third-order valence-electron chi connectivity index (χ3n) is 2.35. The van der Waals surface area contributed by atoms with Crippen molar-refractivity contribution in [3.63, 3.8) is 0 Å². The molecule has 1 aromatic rings. The molecule has 0 aliphatic carbocycles. The lowest BCUT2D eigenvalue weighted by Gasteiger charge is -2.08. The number of nitro benzene ring substituents is 1. The van der Waals surface area contributed by atoms with Crippen LogP contribution >= 0.6 is 15.9 Å². The molecule has 0 spiro atoms. The summed E-state index contributed by atoms with van der Waals surface area (Å²) in [6, 6.07) is 4.05. The van der Waals surface area contributed by atoms with Gasteiger partial charge in [-0.3, -0.25) is 19.7 Å². The minimum absolute atomic E-state index is 0.0723. The Bertz CT molecular complexity index is 514. The topological polar surface area (TPSA) is 97.5 Å². The van der Waals surface area contributed by atoms with Crippen LogP contribution in [0.25, 0.3) is 0 Å². The monoisotopic (exact) mass is 315 g/mol. The van der Waals surface area contributed by atoms with Crippen LogP contribution < -0.4 is 0 Å². The Kier molecular flexibility index (Phi) is 4.55. The first kappa shape index (κ1) is 14.3. The van der Waals surface area contributed by atoms with Gasteiger partial charge in [-0.15, -0.1) is 0 Å². The highest BCUT2D eigenvalue weighted by atomic mass is 79.9. The number of nitro groups is 1. The van der Waals surface area contributed by atoms with Gasteiger partial charge in [-0.2, -0.15) is 0 Å². The number of hydrogen-bond donors (Lipinski definition) is 1. The zero-order chi connectivity index (χ0) is 13.9. The summed E-state index contributed by atoms with van der Waals surface area (Å²) in [6.45, 7) is 1.43. The van der Waals surface area contributed by atoms with Gasteiger partial charge in [-0.25, -0.2) is 0 Å². The second kappa shape index (κ2) is 5.72. The summed E-state index contributed by atoms with van der Waals surface area (Å²) < 4.78 is 0.483. The molecule has 0 saturated carbocycles. The maximum absolute atomic E-state index is 11.9. The number of benzene rings is 1. The number of carboxylic acids is 1. The lowest BCUT2D eigenvalue weighted by molar-refractivity contribution is -0.385. The van der Waals surface area contributed by atoms with E-state index in [4.69, 9.17) is 5.11 Å². The van der Waals surface area contributed by atoms with Crippen LogP contribution in [0.2, 0.25) is 0 Å². The molecule has 96 valence electrons. The Hall–Kier alpha value is -1.76. The lowest BCUT2D eigenvalue weighted by atomic mass is 9.95. The van der Waals surface area contributed by atoms with Gasteiger partial charge < -0.3 is 5.11 Å². The van der Waals surface area contributed by atoms with E-state index in [1.165, 1.54) is 25.1 Å². The second-order valence-corrected chi connectivity index (χ2v) is 4.70. The maximum atomic E-state index is 11.9. The molecule has 7 heteroatoms. The van der Waals surface area contributed by atoms with Crippen LogP contribution in [-0.4, -0.2) is 21.8 Å². The van der Waals surface area contributed by atoms with Crippen molar-refractivity contribution >= 4 is 33.4 Å². The first-order valence-electron chi connectivity index (χ1n) is 5.03. The molecule has 0 fully saturated rings. The van der Waals surface area contributed by atoms with Crippen LogP contribution in [0.15, 0.2) is 22.7 Å². The molecule has 0 bridgehead atoms. The summed E-state index contributed by atoms with van der Waals surface area (Å²) in [5, 5.41) is 19.4. The highest BCUT2D eigenvalue weighted by Gasteiger charge is 2.25. The van der Waals surface area contributed by atoms with Gasteiger partial charge in [0.2, 0.25) is 0 Å². The standard InChI is InChI=1S/C11H10BrNO5/c1-6(4-10(14)15)11(16)8-3-2-7(12)5-9(8)13(17)18/h2-3,5-6H,4H2,1H3,(H,14,15). The molecule has 0 aliphatic rings. The van der Waals surface area contributed by atoms with Crippen molar-refractivity contribution < 1.29 is 19.6 Å². The number of carbonyl (C=O) groups is 2. The average molecular weight is 316 g/mol. The van der Waals surface area contributed by atoms with E-state index in [0.717, 1.165) is 0 Å². The second-order valence-electron chi connectivity index (χ2n) is 3.78. The molecule has 1 N–H and O–H groups in total. The summed E-state index contributed by atoms with van der Waals surface area (Å²) >= 11 is 3.08. The number of halogens is 1. The molecule has 1 atom stereocenters. The first-order chi connectivity index (χ1) is 8.32. The Morgan fingerprint density at radius 3 is 2.61 bits per heavy atom. The molecule has 0 radical (unpaired) electrons. The summed E-state index contributed by atoms with van der Waals surface area (Å²) in [4.78, 5) is 32.6. The van der Waals surface area contributed by atoms with Crippen LogP contribution in [0.5, 0.6) is 0 Å². The molecule has 0 saturated heterocycles. The van der Waals surface area contributed by atoms with Gasteiger partial charge >= 0.3 is 5.97 Å². The van der Waals surface area contributed by atoms with Gasteiger partial charge in [0.25, 0.3) is 5.69 Å². The predicted octanol–water partition coefficient (Wildman–Crippen LogP) is 2.65. The van der Waals surface area contributed by atoms with Gasteiger partial charge in [0.05, 0.1) is 16.9 Å². The van der Waals surface area contributed by atoms with E-state index >= 15 is 0 Å². The number of ketones is 1. The maximum Gasteiger partial charge on any atom is 0.304 e. The SMILES string of the molecule is CC(CC(=O)O)C(=O)c1ccc(Br)cc1[N+](=O)[O-]. The molecule has 0 aliphatic heterocycles. The number of carbonyl (C=O) groups excluding carboxylic acids is 1. The van der Waals surface area contributed by atoms with Crippen molar-refractivity contribution in [2.24, 2.45) is 5.92 Å². The fourth-order valence-corrected chi connectivity index (χ4v) is 1.83. The van der Waals surface area contributed by atoms with Crippen molar-refractivity contribution in [1.29, 1.82) is 0 Å². The molecule has 18 heavy (non-hydrogen) atoms. The molecule has 1 rings (SSSR count). The molecule has 6 nitrogen and oxygen atoms in total. The molecule has 1 unspecified atom stereocenters. The van der Waals surface area contributed by atoms with Crippen LogP contribution in [0.1, 0.15) is 23.7 Å². The van der Waals surface area contributed by atoms with Crippen molar-refractivity contribution in [3.8, 4) is 0 Å². The zero-order valence-electron chi connectivity index (χ0n) is 9.42. The van der Waals surface area contributed by atoms with Gasteiger partial charge in [-0.1, -0.05) is 22.9 Å². The molecule has 1 aromatic carbocycles. The van der Waals surface area contributed by atoms with Crippen LogP contribution in [-0.2, 0) is 4.79 Å². The van der Waals surface area contributed by atoms with Gasteiger partial charge in [0.1, 0.15) is 0 Å². The molecule has 0 aromatic heterocycles. The quantitative estimate of drug-likeness (QED) is 0.511. The van der Waals surface area contributed by atoms with Crippen molar-refractivity contribution in [2.45, 2.75) is 13.3 Å². The Morgan fingerprint density at radius 2 is 2.11 bits per heavy atom. The van der Waals surface area contributed by atoms with E-state index in [-0.39, 0.29) is 17.7 Å². The Morgan fingerprint density at radius 1 is 1.50 bits per heavy atom. The van der Waals surface area contributed by atoms with E-state index in [1.807, 2.05) is 0 Å². The van der Waals surface area contributed by atoms with E-state index < -0.39 is 22.6 Å². The number of rotatable bonds is 5. The molecular formula is C11H10BrNO5. The highest BCUT2D eigenvalue weighted by Crippen LogP contribution is 2.26. The molecule has 0 heterocycles. The fraction of sp³-hybridized carbons (Fsp3) is 0.273. The Balaban J connectivity index is 3.12. The van der Waals surface area contributed by atoms with E-state index in [2.05, 4.69) is 15.9 Å². The number of aliphatic carboxylic acids is 1. The lowest BCUT2D eigenvalue weighted by Crippen LogP contribution is -2.16. The number of nitrogens with zero attached hydrogens (tertiary/aromatic N) is 1. The summed E-state index contributed by atoms with van der Waals surface area (Å²) in [5.41, 5.74) is -0.399. The average Bonchev–Trinajstić information content (AvgIpc) is 2.26. The minimum atomic E-state index is -1.12. The van der Waals surface area contributed by atoms with Gasteiger partial charge in [0, 0.05) is 16.5 Å². The van der Waals surface area contributed by atoms with Gasteiger partial charge in [0.15, 0.2) is 5.78 Å². The van der Waals surface area contributed by atoms with Crippen LogP contribution in [0, 0.1) is 16.0 Å². The smallest absolute Gasteiger partial charge is 0.304 e. The first-order valence-corrected chi connectivity index (χ1v) is 5.82. The summed E-state index contributed by atoms with van der Waals surface area (Å²) in [5.74, 6) is -2.46. The van der Waals surface area contributed by atoms with Crippen molar-refractivity contribution in [1.82, 2.24) is 0 Å². The van der Waals surface area contributed by atoms with E-state index in [1.54, 1.807) is 0 Å². The zero-order valence-corrected chi connectivity index (χ0v) is 11.0. The number of hydrogen-bond acceptors (Lipinski definition) is 4. The predicted molar refractivity (Wildman–Crippen MR) is 66.5 cm³/mol. The summed E-state index contributed by atoms with van der Waals surface area (Å²) in [6.07, 6.45) is -0.355. The largest absolute Gasteiger partial charge is 0.481 e. The third kappa shape index (κ3) is 3.36. The highest BCUT2D eigenvalue weighted by molar-refractivity contribution is 9.10. The molecule has 0 amide bonds. The van der Waals surface area contributed by atoms with Crippen LogP contribution in [0.4, 0.5) is 5.69 Å².